The van der Waals surface area contributed by atoms with Crippen LogP contribution in [0.25, 0.3) is 0 Å². The maximum atomic E-state index is 12.1. The number of hydrogen-bond acceptors (Lipinski definition) is 6. The number of ether oxygens (including phenoxy) is 1. The van der Waals surface area contributed by atoms with Crippen LogP contribution in [0.2, 0.25) is 0 Å². The van der Waals surface area contributed by atoms with Gasteiger partial charge in [-0.25, -0.2) is 0 Å². The summed E-state index contributed by atoms with van der Waals surface area (Å²) in [4.78, 5) is 11.6. The Morgan fingerprint density at radius 3 is 2.23 bits per heavy atom. The number of esters is 1. The Kier molecular flexibility index (Phi) is 6.10. The minimum absolute atomic E-state index is 0.0151. The standard InChI is InChI=1S/C15H22O6S/c1-11-5-7-13(8-6-11)22(18,19)21-12(9-16)10-20-14(17)15(2,3)4/h5-8,12,16H,9-10H2,1-4H3/t12-/m0/s1. The molecule has 0 saturated heterocycles. The van der Waals surface area contributed by atoms with Crippen LogP contribution >= 0.6 is 0 Å². The summed E-state index contributed by atoms with van der Waals surface area (Å²) in [6.07, 6.45) is -1.14. The molecule has 124 valence electrons. The molecule has 1 rings (SSSR count). The number of aryl methyl sites for hydroxylation is 1. The van der Waals surface area contributed by atoms with Crippen molar-refractivity contribution in [1.82, 2.24) is 0 Å². The largest absolute Gasteiger partial charge is 0.462 e. The molecule has 0 saturated carbocycles. The second-order valence-corrected chi connectivity index (χ2v) is 7.59. The predicted octanol–water partition coefficient (Wildman–Crippen LogP) is 1.65. The van der Waals surface area contributed by atoms with E-state index in [-0.39, 0.29) is 11.5 Å². The average Bonchev–Trinajstić information content (AvgIpc) is 2.42. The summed E-state index contributed by atoms with van der Waals surface area (Å²) in [6, 6.07) is 6.12. The Morgan fingerprint density at radius 1 is 1.23 bits per heavy atom. The van der Waals surface area contributed by atoms with Gasteiger partial charge in [-0.2, -0.15) is 8.42 Å². The number of carbonyl (C=O) groups is 1. The quantitative estimate of drug-likeness (QED) is 0.630. The number of aliphatic hydroxyl groups is 1. The van der Waals surface area contributed by atoms with E-state index in [1.807, 2.05) is 6.92 Å². The third kappa shape index (κ3) is 5.40. The molecule has 0 bridgehead atoms. The molecular formula is C15H22O6S. The second-order valence-electron chi connectivity index (χ2n) is 6.02. The van der Waals surface area contributed by atoms with Gasteiger partial charge in [-0.1, -0.05) is 17.7 Å². The summed E-state index contributed by atoms with van der Waals surface area (Å²) in [5.41, 5.74) is 0.201. The van der Waals surface area contributed by atoms with Gasteiger partial charge in [0.25, 0.3) is 10.1 Å². The van der Waals surface area contributed by atoms with E-state index in [0.717, 1.165) is 5.56 Å². The van der Waals surface area contributed by atoms with Crippen LogP contribution in [0.15, 0.2) is 29.2 Å². The zero-order chi connectivity index (χ0) is 17.0. The molecule has 0 heterocycles. The molecule has 0 unspecified atom stereocenters. The van der Waals surface area contributed by atoms with Crippen LogP contribution in [-0.2, 0) is 23.8 Å². The van der Waals surface area contributed by atoms with Gasteiger partial charge in [-0.05, 0) is 39.8 Å². The highest BCUT2D eigenvalue weighted by molar-refractivity contribution is 7.86. The van der Waals surface area contributed by atoms with Crippen molar-refractivity contribution in [3.8, 4) is 0 Å². The molecule has 0 aliphatic rings. The fourth-order valence-electron chi connectivity index (χ4n) is 1.44. The molecular weight excluding hydrogens is 308 g/mol. The molecule has 1 aromatic rings. The molecule has 0 fully saturated rings. The van der Waals surface area contributed by atoms with Crippen molar-refractivity contribution >= 4 is 16.1 Å². The van der Waals surface area contributed by atoms with Crippen molar-refractivity contribution in [2.24, 2.45) is 5.41 Å². The molecule has 1 atom stereocenters. The summed E-state index contributed by atoms with van der Waals surface area (Å²) < 4.78 is 34.1. The van der Waals surface area contributed by atoms with Crippen LogP contribution in [0, 0.1) is 12.3 Å². The van der Waals surface area contributed by atoms with E-state index in [0.29, 0.717) is 0 Å². The molecule has 0 spiro atoms. The number of hydrogen-bond donors (Lipinski definition) is 1. The number of aliphatic hydroxyl groups excluding tert-OH is 1. The first kappa shape index (κ1) is 18.6. The predicted molar refractivity (Wildman–Crippen MR) is 80.7 cm³/mol. The molecule has 1 N–H and O–H groups in total. The lowest BCUT2D eigenvalue weighted by molar-refractivity contribution is -0.155. The number of benzene rings is 1. The van der Waals surface area contributed by atoms with Crippen molar-refractivity contribution in [3.05, 3.63) is 29.8 Å². The Morgan fingerprint density at radius 2 is 1.77 bits per heavy atom. The monoisotopic (exact) mass is 330 g/mol. The number of rotatable bonds is 6. The van der Waals surface area contributed by atoms with E-state index in [1.54, 1.807) is 32.9 Å². The molecule has 6 nitrogen and oxygen atoms in total. The Balaban J connectivity index is 2.73. The summed E-state index contributed by atoms with van der Waals surface area (Å²) in [6.45, 7) is 5.94. The average molecular weight is 330 g/mol. The van der Waals surface area contributed by atoms with Crippen molar-refractivity contribution in [2.45, 2.75) is 38.7 Å². The van der Waals surface area contributed by atoms with Crippen LogP contribution in [0.3, 0.4) is 0 Å². The molecule has 0 radical (unpaired) electrons. The zero-order valence-corrected chi connectivity index (χ0v) is 14.0. The maximum absolute atomic E-state index is 12.1. The van der Waals surface area contributed by atoms with E-state index in [1.165, 1.54) is 12.1 Å². The minimum Gasteiger partial charge on any atom is -0.462 e. The fourth-order valence-corrected chi connectivity index (χ4v) is 2.49. The third-order valence-electron chi connectivity index (χ3n) is 2.79. The highest BCUT2D eigenvalue weighted by Gasteiger charge is 2.26. The molecule has 0 aliphatic heterocycles. The van der Waals surface area contributed by atoms with E-state index < -0.39 is 34.2 Å². The van der Waals surface area contributed by atoms with Gasteiger partial charge in [0.2, 0.25) is 0 Å². The maximum Gasteiger partial charge on any atom is 0.311 e. The molecule has 22 heavy (non-hydrogen) atoms. The lowest BCUT2D eigenvalue weighted by Gasteiger charge is -2.20. The van der Waals surface area contributed by atoms with Crippen molar-refractivity contribution < 1.29 is 27.2 Å². The summed E-state index contributed by atoms with van der Waals surface area (Å²) >= 11 is 0. The van der Waals surface area contributed by atoms with Gasteiger partial charge in [0.1, 0.15) is 12.7 Å². The van der Waals surface area contributed by atoms with Gasteiger partial charge in [-0.15, -0.1) is 0 Å². The lowest BCUT2D eigenvalue weighted by Crippen LogP contribution is -2.32. The van der Waals surface area contributed by atoms with Gasteiger partial charge in [-0.3, -0.25) is 8.98 Å². The lowest BCUT2D eigenvalue weighted by atomic mass is 9.97. The van der Waals surface area contributed by atoms with Crippen molar-refractivity contribution in [1.29, 1.82) is 0 Å². The van der Waals surface area contributed by atoms with Crippen LogP contribution in [0.4, 0.5) is 0 Å². The van der Waals surface area contributed by atoms with E-state index in [2.05, 4.69) is 0 Å². The molecule has 1 aromatic carbocycles. The first-order chi connectivity index (χ1) is 10.1. The fraction of sp³-hybridized carbons (Fsp3) is 0.533. The summed E-state index contributed by atoms with van der Waals surface area (Å²) in [5.74, 6) is -0.498. The SMILES string of the molecule is Cc1ccc(S(=O)(=O)O[C@@H](CO)COC(=O)C(C)(C)C)cc1. The first-order valence-electron chi connectivity index (χ1n) is 6.84. The van der Waals surface area contributed by atoms with Crippen LogP contribution < -0.4 is 0 Å². The third-order valence-corrected chi connectivity index (χ3v) is 4.16. The topological polar surface area (TPSA) is 89.9 Å². The molecule has 0 aliphatic carbocycles. The van der Waals surface area contributed by atoms with Gasteiger partial charge in [0.15, 0.2) is 0 Å². The molecule has 7 heteroatoms. The van der Waals surface area contributed by atoms with E-state index in [9.17, 15) is 18.3 Å². The first-order valence-corrected chi connectivity index (χ1v) is 8.25. The summed E-state index contributed by atoms with van der Waals surface area (Å²) in [7, 11) is -4.02. The van der Waals surface area contributed by atoms with Gasteiger partial charge in [0, 0.05) is 0 Å². The van der Waals surface area contributed by atoms with E-state index in [4.69, 9.17) is 8.92 Å². The molecule has 0 aromatic heterocycles. The highest BCUT2D eigenvalue weighted by Crippen LogP contribution is 2.18. The zero-order valence-electron chi connectivity index (χ0n) is 13.2. The second kappa shape index (κ2) is 7.21. The van der Waals surface area contributed by atoms with Crippen LogP contribution in [0.1, 0.15) is 26.3 Å². The Labute approximate surface area is 131 Å². The van der Waals surface area contributed by atoms with Crippen molar-refractivity contribution in [2.75, 3.05) is 13.2 Å². The van der Waals surface area contributed by atoms with Crippen LogP contribution in [-0.4, -0.2) is 38.8 Å². The number of carbonyl (C=O) groups excluding carboxylic acids is 1. The summed E-state index contributed by atoms with van der Waals surface area (Å²) in [5, 5.41) is 9.22. The highest BCUT2D eigenvalue weighted by atomic mass is 32.2. The van der Waals surface area contributed by atoms with Gasteiger partial charge in [0.05, 0.1) is 16.9 Å². The normalized spacial score (nSPS) is 13.7. The van der Waals surface area contributed by atoms with Crippen LogP contribution in [0.5, 0.6) is 0 Å². The van der Waals surface area contributed by atoms with Gasteiger partial charge >= 0.3 is 5.97 Å². The van der Waals surface area contributed by atoms with E-state index >= 15 is 0 Å². The Hall–Kier alpha value is -1.44. The smallest absolute Gasteiger partial charge is 0.311 e. The molecule has 0 amide bonds. The van der Waals surface area contributed by atoms with Crippen molar-refractivity contribution in [3.63, 3.8) is 0 Å². The van der Waals surface area contributed by atoms with Gasteiger partial charge < -0.3 is 9.84 Å². The Bertz CT molecular complexity index is 598. The minimum atomic E-state index is -4.02.